The summed E-state index contributed by atoms with van der Waals surface area (Å²) in [6.07, 6.45) is 5.41. The van der Waals surface area contributed by atoms with Crippen molar-refractivity contribution in [3.8, 4) is 11.3 Å². The number of benzene rings is 1. The maximum Gasteiger partial charge on any atom is 0.266 e. The third-order valence-corrected chi connectivity index (χ3v) is 4.35. The van der Waals surface area contributed by atoms with Crippen LogP contribution in [0, 0.1) is 5.92 Å². The zero-order chi connectivity index (χ0) is 16.2. The van der Waals surface area contributed by atoms with Gasteiger partial charge in [0.1, 0.15) is 0 Å². The van der Waals surface area contributed by atoms with Crippen molar-refractivity contribution in [1.82, 2.24) is 9.78 Å². The number of aryl methyl sites for hydroxylation is 1. The lowest BCUT2D eigenvalue weighted by molar-refractivity contribution is -0.117. The molecule has 0 unspecified atom stereocenters. The number of aromatic nitrogens is 2. The summed E-state index contributed by atoms with van der Waals surface area (Å²) >= 11 is 0. The summed E-state index contributed by atoms with van der Waals surface area (Å²) in [5.74, 6) is 0.603. The van der Waals surface area contributed by atoms with Gasteiger partial charge in [-0.05, 0) is 37.0 Å². The number of rotatable bonds is 4. The molecule has 2 aromatic rings. The van der Waals surface area contributed by atoms with E-state index in [1.807, 2.05) is 24.3 Å². The van der Waals surface area contributed by atoms with Crippen LogP contribution in [0.3, 0.4) is 0 Å². The molecule has 1 fully saturated rings. The largest absolute Gasteiger partial charge is 0.326 e. The van der Waals surface area contributed by atoms with E-state index < -0.39 is 0 Å². The Bertz CT molecular complexity index is 761. The number of anilines is 1. The maximum atomic E-state index is 12.1. The highest BCUT2D eigenvalue weighted by molar-refractivity contribution is 5.91. The van der Waals surface area contributed by atoms with E-state index in [9.17, 15) is 9.59 Å². The van der Waals surface area contributed by atoms with Crippen LogP contribution < -0.4 is 10.9 Å². The number of amides is 1. The molecule has 1 amide bonds. The normalized spacial score (nSPS) is 14.8. The lowest BCUT2D eigenvalue weighted by Crippen LogP contribution is -2.18. The second kappa shape index (κ2) is 6.77. The third kappa shape index (κ3) is 3.86. The minimum atomic E-state index is -0.144. The van der Waals surface area contributed by atoms with Gasteiger partial charge in [0, 0.05) is 30.8 Å². The van der Waals surface area contributed by atoms with Crippen LogP contribution in [-0.2, 0) is 11.8 Å². The predicted molar refractivity (Wildman–Crippen MR) is 90.1 cm³/mol. The van der Waals surface area contributed by atoms with E-state index in [4.69, 9.17) is 0 Å². The number of carbonyl (C=O) groups is 1. The van der Waals surface area contributed by atoms with Crippen molar-refractivity contribution in [2.24, 2.45) is 13.0 Å². The molecular formula is C18H21N3O2. The van der Waals surface area contributed by atoms with Gasteiger partial charge in [0.15, 0.2) is 0 Å². The van der Waals surface area contributed by atoms with Crippen LogP contribution in [0.4, 0.5) is 5.69 Å². The Labute approximate surface area is 135 Å². The van der Waals surface area contributed by atoms with E-state index in [-0.39, 0.29) is 11.5 Å². The molecule has 1 aliphatic rings. The zero-order valence-corrected chi connectivity index (χ0v) is 13.3. The molecule has 1 heterocycles. The summed E-state index contributed by atoms with van der Waals surface area (Å²) in [5, 5.41) is 7.21. The van der Waals surface area contributed by atoms with Crippen LogP contribution in [0.1, 0.15) is 32.1 Å². The van der Waals surface area contributed by atoms with Crippen LogP contribution >= 0.6 is 0 Å². The average molecular weight is 311 g/mol. The number of nitrogens with one attached hydrogen (secondary N) is 1. The maximum absolute atomic E-state index is 12.1. The number of carbonyl (C=O) groups excluding carboxylic acids is 1. The monoisotopic (exact) mass is 311 g/mol. The van der Waals surface area contributed by atoms with Gasteiger partial charge in [-0.3, -0.25) is 9.59 Å². The molecule has 1 N–H and O–H groups in total. The fraction of sp³-hybridized carbons (Fsp3) is 0.389. The van der Waals surface area contributed by atoms with E-state index in [2.05, 4.69) is 10.4 Å². The highest BCUT2D eigenvalue weighted by Crippen LogP contribution is 2.28. The Morgan fingerprint density at radius 3 is 2.78 bits per heavy atom. The minimum Gasteiger partial charge on any atom is -0.326 e. The van der Waals surface area contributed by atoms with Crippen LogP contribution in [0.25, 0.3) is 11.3 Å². The minimum absolute atomic E-state index is 0.0717. The van der Waals surface area contributed by atoms with Crippen molar-refractivity contribution in [2.45, 2.75) is 32.1 Å². The van der Waals surface area contributed by atoms with Crippen molar-refractivity contribution < 1.29 is 4.79 Å². The zero-order valence-electron chi connectivity index (χ0n) is 13.3. The summed E-state index contributed by atoms with van der Waals surface area (Å²) in [6.45, 7) is 0. The standard InChI is InChI=1S/C18H21N3O2/c1-21-18(23)10-9-16(20-21)14-7-4-8-15(12-14)19-17(22)11-13-5-2-3-6-13/h4,7-10,12-13H,2-3,5-6,11H2,1H3,(H,19,22). The Morgan fingerprint density at radius 2 is 2.04 bits per heavy atom. The van der Waals surface area contributed by atoms with Gasteiger partial charge in [0.05, 0.1) is 5.69 Å². The molecular weight excluding hydrogens is 290 g/mol. The molecule has 120 valence electrons. The quantitative estimate of drug-likeness (QED) is 0.944. The summed E-state index contributed by atoms with van der Waals surface area (Å²) in [4.78, 5) is 23.6. The molecule has 1 aromatic heterocycles. The first-order valence-electron chi connectivity index (χ1n) is 8.06. The van der Waals surface area contributed by atoms with Crippen molar-refractivity contribution in [2.75, 3.05) is 5.32 Å². The van der Waals surface area contributed by atoms with Gasteiger partial charge in [0.2, 0.25) is 5.91 Å². The van der Waals surface area contributed by atoms with Crippen molar-refractivity contribution >= 4 is 11.6 Å². The SMILES string of the molecule is Cn1nc(-c2cccc(NC(=O)CC3CCCC3)c2)ccc1=O. The number of nitrogens with zero attached hydrogens (tertiary/aromatic N) is 2. The van der Waals surface area contributed by atoms with Gasteiger partial charge in [0.25, 0.3) is 5.56 Å². The van der Waals surface area contributed by atoms with Gasteiger partial charge in [-0.1, -0.05) is 25.0 Å². The molecule has 0 radical (unpaired) electrons. The Kier molecular flexibility index (Phi) is 4.55. The first kappa shape index (κ1) is 15.5. The van der Waals surface area contributed by atoms with Crippen LogP contribution in [0.5, 0.6) is 0 Å². The van der Waals surface area contributed by atoms with Crippen molar-refractivity contribution in [3.05, 3.63) is 46.8 Å². The lowest BCUT2D eigenvalue weighted by Gasteiger charge is -2.10. The molecule has 1 saturated carbocycles. The summed E-state index contributed by atoms with van der Waals surface area (Å²) in [6, 6.07) is 10.7. The van der Waals surface area contributed by atoms with Crippen LogP contribution in [0.2, 0.25) is 0 Å². The summed E-state index contributed by atoms with van der Waals surface area (Å²) in [5.41, 5.74) is 2.20. The molecule has 0 spiro atoms. The molecule has 5 nitrogen and oxygen atoms in total. The highest BCUT2D eigenvalue weighted by atomic mass is 16.1. The molecule has 1 aromatic carbocycles. The fourth-order valence-electron chi connectivity index (χ4n) is 3.10. The molecule has 0 atom stereocenters. The van der Waals surface area contributed by atoms with E-state index in [1.165, 1.54) is 23.6 Å². The van der Waals surface area contributed by atoms with Gasteiger partial charge < -0.3 is 5.32 Å². The molecule has 0 bridgehead atoms. The van der Waals surface area contributed by atoms with Gasteiger partial charge in [-0.2, -0.15) is 5.10 Å². The average Bonchev–Trinajstić information content (AvgIpc) is 3.03. The first-order chi connectivity index (χ1) is 11.1. The molecule has 0 aliphatic heterocycles. The first-order valence-corrected chi connectivity index (χ1v) is 8.06. The van der Waals surface area contributed by atoms with Crippen LogP contribution in [0.15, 0.2) is 41.2 Å². The summed E-state index contributed by atoms with van der Waals surface area (Å²) < 4.78 is 1.31. The Morgan fingerprint density at radius 1 is 1.26 bits per heavy atom. The predicted octanol–water partition coefficient (Wildman–Crippen LogP) is 2.97. The second-order valence-corrected chi connectivity index (χ2v) is 6.16. The van der Waals surface area contributed by atoms with Gasteiger partial charge >= 0.3 is 0 Å². The molecule has 0 saturated heterocycles. The summed E-state index contributed by atoms with van der Waals surface area (Å²) in [7, 11) is 1.62. The van der Waals surface area contributed by atoms with Crippen molar-refractivity contribution in [3.63, 3.8) is 0 Å². The number of hydrogen-bond acceptors (Lipinski definition) is 3. The molecule has 3 rings (SSSR count). The van der Waals surface area contributed by atoms with E-state index in [0.29, 0.717) is 18.0 Å². The third-order valence-electron chi connectivity index (χ3n) is 4.35. The van der Waals surface area contributed by atoms with E-state index >= 15 is 0 Å². The Hall–Kier alpha value is -2.43. The van der Waals surface area contributed by atoms with E-state index in [1.54, 1.807) is 13.1 Å². The number of hydrogen-bond donors (Lipinski definition) is 1. The molecule has 5 heteroatoms. The topological polar surface area (TPSA) is 64.0 Å². The molecule has 1 aliphatic carbocycles. The van der Waals surface area contributed by atoms with Gasteiger partial charge in [-0.15, -0.1) is 0 Å². The van der Waals surface area contributed by atoms with Crippen molar-refractivity contribution in [1.29, 1.82) is 0 Å². The smallest absolute Gasteiger partial charge is 0.266 e. The van der Waals surface area contributed by atoms with Gasteiger partial charge in [-0.25, -0.2) is 4.68 Å². The molecule has 23 heavy (non-hydrogen) atoms. The highest BCUT2D eigenvalue weighted by Gasteiger charge is 2.18. The van der Waals surface area contributed by atoms with Crippen LogP contribution in [-0.4, -0.2) is 15.7 Å². The second-order valence-electron chi connectivity index (χ2n) is 6.16. The Balaban J connectivity index is 1.72. The lowest BCUT2D eigenvalue weighted by atomic mass is 10.0. The van der Waals surface area contributed by atoms with E-state index in [0.717, 1.165) is 24.1 Å². The fourth-order valence-corrected chi connectivity index (χ4v) is 3.10.